The second-order valence-corrected chi connectivity index (χ2v) is 8.35. The van der Waals surface area contributed by atoms with Gasteiger partial charge in [-0.1, -0.05) is 12.1 Å². The Morgan fingerprint density at radius 3 is 2.53 bits per heavy atom. The molecule has 1 atom stereocenters. The van der Waals surface area contributed by atoms with Crippen molar-refractivity contribution in [1.29, 1.82) is 5.26 Å². The standard InChI is InChI=1S/C24H19IN2O3/c1-14-9-18(10-15(2)27-14)22-11-20(28)19-7-8-21(23(25)24(19)30-22)29-13-17-5-3-16(12-26)4-6-17/h3-10,22H,11,13H2,1-2H3. The number of ketones is 1. The van der Waals surface area contributed by atoms with Crippen molar-refractivity contribution in [1.82, 2.24) is 4.98 Å². The van der Waals surface area contributed by atoms with Gasteiger partial charge in [0.25, 0.3) is 0 Å². The Kier molecular flexibility index (Phi) is 5.73. The summed E-state index contributed by atoms with van der Waals surface area (Å²) in [5.74, 6) is 1.29. The second-order valence-electron chi connectivity index (χ2n) is 7.27. The number of nitrogens with zero attached hydrogens (tertiary/aromatic N) is 2. The first kappa shape index (κ1) is 20.4. The highest BCUT2D eigenvalue weighted by atomic mass is 127. The van der Waals surface area contributed by atoms with Gasteiger partial charge in [0.1, 0.15) is 24.2 Å². The molecule has 0 aliphatic carbocycles. The zero-order valence-electron chi connectivity index (χ0n) is 16.6. The summed E-state index contributed by atoms with van der Waals surface area (Å²) in [5.41, 5.74) is 4.92. The van der Waals surface area contributed by atoms with Crippen LogP contribution in [0.2, 0.25) is 0 Å². The molecule has 0 amide bonds. The number of ether oxygens (including phenoxy) is 2. The normalized spacial score (nSPS) is 15.1. The van der Waals surface area contributed by atoms with E-state index in [1.54, 1.807) is 18.2 Å². The summed E-state index contributed by atoms with van der Waals surface area (Å²) in [6.45, 7) is 4.24. The summed E-state index contributed by atoms with van der Waals surface area (Å²) < 4.78 is 13.0. The molecule has 4 rings (SSSR count). The van der Waals surface area contributed by atoms with Crippen LogP contribution in [0.4, 0.5) is 0 Å². The molecule has 3 aromatic rings. The number of benzene rings is 2. The number of aromatic nitrogens is 1. The maximum atomic E-state index is 12.8. The minimum atomic E-state index is -0.340. The summed E-state index contributed by atoms with van der Waals surface area (Å²) in [6.07, 6.45) is -0.0371. The van der Waals surface area contributed by atoms with Gasteiger partial charge < -0.3 is 9.47 Å². The van der Waals surface area contributed by atoms with Gasteiger partial charge in [0.05, 0.1) is 27.2 Å². The fourth-order valence-electron chi connectivity index (χ4n) is 3.52. The SMILES string of the molecule is Cc1cc(C2CC(=O)c3ccc(OCc4ccc(C#N)cc4)c(I)c3O2)cc(C)n1. The number of Topliss-reactive ketones (excluding diaryl/α,β-unsaturated/α-hetero) is 1. The first-order chi connectivity index (χ1) is 14.4. The zero-order chi connectivity index (χ0) is 21.3. The summed E-state index contributed by atoms with van der Waals surface area (Å²) >= 11 is 2.17. The Balaban J connectivity index is 1.58. The Hall–Kier alpha value is -2.92. The number of hydrogen-bond acceptors (Lipinski definition) is 5. The van der Waals surface area contributed by atoms with Gasteiger partial charge in [-0.15, -0.1) is 0 Å². The van der Waals surface area contributed by atoms with Crippen LogP contribution in [0.1, 0.15) is 51.0 Å². The average molecular weight is 510 g/mol. The van der Waals surface area contributed by atoms with Crippen molar-refractivity contribution in [3.8, 4) is 17.6 Å². The smallest absolute Gasteiger partial charge is 0.170 e. The third-order valence-electron chi connectivity index (χ3n) is 4.95. The lowest BCUT2D eigenvalue weighted by atomic mass is 9.96. The van der Waals surface area contributed by atoms with Crippen LogP contribution in [0.3, 0.4) is 0 Å². The van der Waals surface area contributed by atoms with E-state index in [2.05, 4.69) is 33.6 Å². The second kappa shape index (κ2) is 8.44. The topological polar surface area (TPSA) is 72.2 Å². The number of rotatable bonds is 4. The van der Waals surface area contributed by atoms with Gasteiger partial charge in [-0.25, -0.2) is 0 Å². The molecule has 0 spiro atoms. The van der Waals surface area contributed by atoms with E-state index in [4.69, 9.17) is 14.7 Å². The Morgan fingerprint density at radius 1 is 1.17 bits per heavy atom. The van der Waals surface area contributed by atoms with Crippen LogP contribution in [0.25, 0.3) is 0 Å². The number of pyridine rings is 1. The lowest BCUT2D eigenvalue weighted by molar-refractivity contribution is 0.0846. The molecular formula is C24H19IN2O3. The summed E-state index contributed by atoms with van der Waals surface area (Å²) in [5, 5.41) is 8.91. The molecule has 5 nitrogen and oxygen atoms in total. The Morgan fingerprint density at radius 2 is 1.87 bits per heavy atom. The third-order valence-corrected chi connectivity index (χ3v) is 5.97. The molecule has 2 heterocycles. The molecule has 2 aromatic carbocycles. The fraction of sp³-hybridized carbons (Fsp3) is 0.208. The maximum absolute atomic E-state index is 12.8. The highest BCUT2D eigenvalue weighted by Gasteiger charge is 2.30. The third kappa shape index (κ3) is 4.17. The number of carbonyl (C=O) groups excluding carboxylic acids is 1. The number of hydrogen-bond donors (Lipinski definition) is 0. The van der Waals surface area contributed by atoms with Gasteiger partial charge in [0.15, 0.2) is 5.78 Å². The molecular weight excluding hydrogens is 491 g/mol. The highest BCUT2D eigenvalue weighted by Crippen LogP contribution is 2.42. The van der Waals surface area contributed by atoms with Crippen molar-refractivity contribution in [2.24, 2.45) is 0 Å². The molecule has 0 fully saturated rings. The largest absolute Gasteiger partial charge is 0.488 e. The molecule has 1 aromatic heterocycles. The molecule has 150 valence electrons. The zero-order valence-corrected chi connectivity index (χ0v) is 18.8. The monoisotopic (exact) mass is 510 g/mol. The lowest BCUT2D eigenvalue weighted by Crippen LogP contribution is -2.21. The lowest BCUT2D eigenvalue weighted by Gasteiger charge is -2.27. The van der Waals surface area contributed by atoms with Crippen molar-refractivity contribution < 1.29 is 14.3 Å². The van der Waals surface area contributed by atoms with E-state index in [0.717, 1.165) is 26.1 Å². The molecule has 0 N–H and O–H groups in total. The molecule has 30 heavy (non-hydrogen) atoms. The molecule has 1 aliphatic heterocycles. The predicted octanol–water partition coefficient (Wildman–Crippen LogP) is 5.46. The van der Waals surface area contributed by atoms with Gasteiger partial charge in [0, 0.05) is 11.4 Å². The Labute approximate surface area is 188 Å². The molecule has 0 saturated heterocycles. The van der Waals surface area contributed by atoms with E-state index in [1.807, 2.05) is 44.2 Å². The summed E-state index contributed by atoms with van der Waals surface area (Å²) in [4.78, 5) is 17.2. The van der Waals surface area contributed by atoms with Gasteiger partial charge >= 0.3 is 0 Å². The van der Waals surface area contributed by atoms with E-state index in [0.29, 0.717) is 35.7 Å². The number of nitriles is 1. The van der Waals surface area contributed by atoms with E-state index < -0.39 is 0 Å². The van der Waals surface area contributed by atoms with Crippen molar-refractivity contribution >= 4 is 28.4 Å². The maximum Gasteiger partial charge on any atom is 0.170 e. The van der Waals surface area contributed by atoms with Crippen LogP contribution < -0.4 is 9.47 Å². The predicted molar refractivity (Wildman–Crippen MR) is 121 cm³/mol. The van der Waals surface area contributed by atoms with Crippen molar-refractivity contribution in [2.75, 3.05) is 0 Å². The Bertz CT molecular complexity index is 1150. The molecule has 1 aliphatic rings. The van der Waals surface area contributed by atoms with Gasteiger partial charge in [0.2, 0.25) is 0 Å². The molecule has 0 radical (unpaired) electrons. The summed E-state index contributed by atoms with van der Waals surface area (Å²) in [7, 11) is 0. The first-order valence-electron chi connectivity index (χ1n) is 9.54. The number of aryl methyl sites for hydroxylation is 2. The van der Waals surface area contributed by atoms with Crippen molar-refractivity contribution in [2.45, 2.75) is 33.0 Å². The van der Waals surface area contributed by atoms with Crippen LogP contribution in [-0.2, 0) is 6.61 Å². The van der Waals surface area contributed by atoms with Crippen LogP contribution in [0, 0.1) is 28.7 Å². The average Bonchev–Trinajstić information content (AvgIpc) is 2.73. The van der Waals surface area contributed by atoms with E-state index in [-0.39, 0.29) is 11.9 Å². The molecule has 1 unspecified atom stereocenters. The van der Waals surface area contributed by atoms with E-state index in [1.165, 1.54) is 0 Å². The van der Waals surface area contributed by atoms with E-state index >= 15 is 0 Å². The quantitative estimate of drug-likeness (QED) is 0.436. The molecule has 0 saturated carbocycles. The van der Waals surface area contributed by atoms with Crippen molar-refractivity contribution in [3.63, 3.8) is 0 Å². The van der Waals surface area contributed by atoms with E-state index in [9.17, 15) is 4.79 Å². The number of halogens is 1. The number of fused-ring (bicyclic) bond motifs is 1. The van der Waals surface area contributed by atoms with Gasteiger partial charge in [-0.2, -0.15) is 5.26 Å². The molecule has 0 bridgehead atoms. The minimum absolute atomic E-state index is 0.0601. The van der Waals surface area contributed by atoms with Crippen LogP contribution in [-0.4, -0.2) is 10.8 Å². The van der Waals surface area contributed by atoms with Crippen LogP contribution in [0.15, 0.2) is 48.5 Å². The van der Waals surface area contributed by atoms with Crippen LogP contribution in [0.5, 0.6) is 11.5 Å². The van der Waals surface area contributed by atoms with Gasteiger partial charge in [-0.3, -0.25) is 9.78 Å². The fourth-order valence-corrected chi connectivity index (χ4v) is 4.27. The summed E-state index contributed by atoms with van der Waals surface area (Å²) in [6, 6.07) is 16.9. The first-order valence-corrected chi connectivity index (χ1v) is 10.6. The van der Waals surface area contributed by atoms with Crippen molar-refractivity contribution in [3.05, 3.63) is 85.7 Å². The molecule has 6 heteroatoms. The highest BCUT2D eigenvalue weighted by molar-refractivity contribution is 14.1. The van der Waals surface area contributed by atoms with Crippen LogP contribution >= 0.6 is 22.6 Å². The number of carbonyl (C=O) groups is 1. The van der Waals surface area contributed by atoms with Gasteiger partial charge in [-0.05, 0) is 84.0 Å². The minimum Gasteiger partial charge on any atom is -0.488 e.